The van der Waals surface area contributed by atoms with E-state index in [4.69, 9.17) is 4.74 Å². The molecule has 1 aliphatic heterocycles. The zero-order valence-electron chi connectivity index (χ0n) is 13.0. The van der Waals surface area contributed by atoms with E-state index in [2.05, 4.69) is 0 Å². The van der Waals surface area contributed by atoms with Crippen molar-refractivity contribution in [3.05, 3.63) is 54.6 Å². The molecule has 1 unspecified atom stereocenters. The largest absolute Gasteiger partial charge is 0.483 e. The van der Waals surface area contributed by atoms with Crippen molar-refractivity contribution in [3.63, 3.8) is 0 Å². The second-order valence-corrected chi connectivity index (χ2v) is 5.79. The number of ether oxygens (including phenoxy) is 1. The van der Waals surface area contributed by atoms with Gasteiger partial charge in [0.2, 0.25) is 0 Å². The lowest BCUT2D eigenvalue weighted by Gasteiger charge is -2.30. The Morgan fingerprint density at radius 3 is 2.65 bits per heavy atom. The molecule has 1 atom stereocenters. The zero-order chi connectivity index (χ0) is 16.1. The van der Waals surface area contributed by atoms with Crippen LogP contribution >= 0.6 is 0 Å². The fraction of sp³-hybridized carbons (Fsp3) is 0.316. The molecule has 23 heavy (non-hydrogen) atoms. The lowest BCUT2D eigenvalue weighted by molar-refractivity contribution is -0.136. The topological polar surface area (TPSA) is 49.8 Å². The third kappa shape index (κ3) is 3.90. The van der Waals surface area contributed by atoms with Crippen molar-refractivity contribution in [1.82, 2.24) is 4.90 Å². The number of hydrogen-bond donors (Lipinski definition) is 1. The highest BCUT2D eigenvalue weighted by Crippen LogP contribution is 2.29. The SMILES string of the molecule is O=C(COc1ccccc1-c1ccccc1)N1CCCC(O)C1. The Morgan fingerprint density at radius 1 is 1.13 bits per heavy atom. The van der Waals surface area contributed by atoms with Gasteiger partial charge in [-0.25, -0.2) is 0 Å². The van der Waals surface area contributed by atoms with Crippen molar-refractivity contribution in [2.24, 2.45) is 0 Å². The zero-order valence-corrected chi connectivity index (χ0v) is 13.0. The van der Waals surface area contributed by atoms with Crippen LogP contribution in [0.3, 0.4) is 0 Å². The minimum Gasteiger partial charge on any atom is -0.483 e. The molecule has 0 aliphatic carbocycles. The van der Waals surface area contributed by atoms with Gasteiger partial charge >= 0.3 is 0 Å². The summed E-state index contributed by atoms with van der Waals surface area (Å²) in [6, 6.07) is 17.7. The number of carbonyl (C=O) groups excluding carboxylic acids is 1. The molecule has 1 saturated heterocycles. The van der Waals surface area contributed by atoms with Gasteiger partial charge in [-0.1, -0.05) is 48.5 Å². The van der Waals surface area contributed by atoms with Crippen molar-refractivity contribution in [1.29, 1.82) is 0 Å². The second-order valence-electron chi connectivity index (χ2n) is 5.79. The number of piperidine rings is 1. The van der Waals surface area contributed by atoms with Gasteiger partial charge in [0.25, 0.3) is 5.91 Å². The predicted octanol–water partition coefficient (Wildman–Crippen LogP) is 2.72. The summed E-state index contributed by atoms with van der Waals surface area (Å²) in [6.07, 6.45) is 1.19. The normalized spacial score (nSPS) is 17.8. The third-order valence-electron chi connectivity index (χ3n) is 4.07. The molecule has 4 nitrogen and oxygen atoms in total. The Kier molecular flexibility index (Phi) is 4.93. The average molecular weight is 311 g/mol. The summed E-state index contributed by atoms with van der Waals surface area (Å²) in [6.45, 7) is 1.10. The highest BCUT2D eigenvalue weighted by atomic mass is 16.5. The van der Waals surface area contributed by atoms with Crippen LogP contribution in [0.5, 0.6) is 5.75 Å². The Labute approximate surface area is 136 Å². The smallest absolute Gasteiger partial charge is 0.260 e. The monoisotopic (exact) mass is 311 g/mol. The molecule has 0 radical (unpaired) electrons. The molecule has 1 aliphatic rings. The van der Waals surface area contributed by atoms with Crippen LogP contribution in [0.2, 0.25) is 0 Å². The van der Waals surface area contributed by atoms with Crippen molar-refractivity contribution >= 4 is 5.91 Å². The fourth-order valence-corrected chi connectivity index (χ4v) is 2.86. The molecule has 0 aromatic heterocycles. The van der Waals surface area contributed by atoms with Crippen LogP contribution in [-0.2, 0) is 4.79 Å². The first-order valence-electron chi connectivity index (χ1n) is 7.97. The van der Waals surface area contributed by atoms with Gasteiger partial charge in [-0.05, 0) is 24.5 Å². The summed E-state index contributed by atoms with van der Waals surface area (Å²) in [4.78, 5) is 13.9. The van der Waals surface area contributed by atoms with Gasteiger partial charge in [0.1, 0.15) is 5.75 Å². The van der Waals surface area contributed by atoms with Crippen LogP contribution < -0.4 is 4.74 Å². The second kappa shape index (κ2) is 7.29. The van der Waals surface area contributed by atoms with Crippen molar-refractivity contribution in [2.45, 2.75) is 18.9 Å². The maximum Gasteiger partial charge on any atom is 0.260 e. The Hall–Kier alpha value is -2.33. The number of amides is 1. The van der Waals surface area contributed by atoms with Crippen LogP contribution in [0.25, 0.3) is 11.1 Å². The highest BCUT2D eigenvalue weighted by molar-refractivity contribution is 5.78. The van der Waals surface area contributed by atoms with Crippen LogP contribution in [-0.4, -0.2) is 41.7 Å². The molecule has 0 saturated carbocycles. The average Bonchev–Trinajstić information content (AvgIpc) is 2.60. The van der Waals surface area contributed by atoms with Crippen LogP contribution in [0.15, 0.2) is 54.6 Å². The van der Waals surface area contributed by atoms with E-state index in [1.54, 1.807) is 4.90 Å². The minimum atomic E-state index is -0.413. The van der Waals surface area contributed by atoms with Crippen molar-refractivity contribution < 1.29 is 14.6 Å². The van der Waals surface area contributed by atoms with E-state index in [0.29, 0.717) is 18.8 Å². The molecule has 2 aromatic carbocycles. The highest BCUT2D eigenvalue weighted by Gasteiger charge is 2.22. The summed E-state index contributed by atoms with van der Waals surface area (Å²) in [7, 11) is 0. The molecule has 1 heterocycles. The van der Waals surface area contributed by atoms with E-state index in [1.807, 2.05) is 54.6 Å². The van der Waals surface area contributed by atoms with E-state index in [9.17, 15) is 9.90 Å². The van der Waals surface area contributed by atoms with Crippen LogP contribution in [0.4, 0.5) is 0 Å². The van der Waals surface area contributed by atoms with E-state index in [1.165, 1.54) is 0 Å². The molecule has 1 fully saturated rings. The molecule has 2 aromatic rings. The Morgan fingerprint density at radius 2 is 1.87 bits per heavy atom. The molecule has 3 rings (SSSR count). The Balaban J connectivity index is 1.68. The Bertz CT molecular complexity index is 657. The number of rotatable bonds is 4. The van der Waals surface area contributed by atoms with E-state index in [-0.39, 0.29) is 12.5 Å². The van der Waals surface area contributed by atoms with Gasteiger partial charge in [-0.3, -0.25) is 4.79 Å². The van der Waals surface area contributed by atoms with Gasteiger partial charge in [-0.15, -0.1) is 0 Å². The number of hydrogen-bond acceptors (Lipinski definition) is 3. The summed E-state index contributed by atoms with van der Waals surface area (Å²) in [5, 5.41) is 9.67. The molecule has 0 bridgehead atoms. The minimum absolute atomic E-state index is 0.00341. The van der Waals surface area contributed by atoms with Crippen molar-refractivity contribution in [3.8, 4) is 16.9 Å². The van der Waals surface area contributed by atoms with E-state index in [0.717, 1.165) is 24.0 Å². The van der Waals surface area contributed by atoms with Gasteiger partial charge in [0, 0.05) is 18.7 Å². The number of para-hydroxylation sites is 1. The fourth-order valence-electron chi connectivity index (χ4n) is 2.86. The molecule has 0 spiro atoms. The number of benzene rings is 2. The standard InChI is InChI=1S/C19H21NO3/c21-16-9-6-12-20(13-16)19(22)14-23-18-11-5-4-10-17(18)15-7-2-1-3-8-15/h1-5,7-8,10-11,16,21H,6,9,12-14H2. The van der Waals surface area contributed by atoms with Crippen LogP contribution in [0.1, 0.15) is 12.8 Å². The molecule has 120 valence electrons. The lowest BCUT2D eigenvalue weighted by atomic mass is 10.1. The number of aliphatic hydroxyl groups is 1. The van der Waals surface area contributed by atoms with E-state index >= 15 is 0 Å². The number of aliphatic hydroxyl groups excluding tert-OH is 1. The number of likely N-dealkylation sites (tertiary alicyclic amines) is 1. The molecular weight excluding hydrogens is 290 g/mol. The van der Waals surface area contributed by atoms with E-state index < -0.39 is 6.10 Å². The molecule has 1 N–H and O–H groups in total. The lowest BCUT2D eigenvalue weighted by Crippen LogP contribution is -2.44. The number of nitrogens with zero attached hydrogens (tertiary/aromatic N) is 1. The number of carbonyl (C=O) groups is 1. The molecule has 4 heteroatoms. The molecule has 1 amide bonds. The van der Waals surface area contributed by atoms with Gasteiger partial charge in [0.15, 0.2) is 6.61 Å². The van der Waals surface area contributed by atoms with Gasteiger partial charge < -0.3 is 14.7 Å². The maximum absolute atomic E-state index is 12.3. The summed E-state index contributed by atoms with van der Waals surface area (Å²) in [5.74, 6) is 0.622. The maximum atomic E-state index is 12.3. The summed E-state index contributed by atoms with van der Waals surface area (Å²) >= 11 is 0. The molecular formula is C19H21NO3. The van der Waals surface area contributed by atoms with Gasteiger partial charge in [0.05, 0.1) is 6.10 Å². The quantitative estimate of drug-likeness (QED) is 0.944. The first kappa shape index (κ1) is 15.6. The first-order chi connectivity index (χ1) is 11.2. The summed E-state index contributed by atoms with van der Waals surface area (Å²) < 4.78 is 5.77. The predicted molar refractivity (Wildman–Crippen MR) is 89.2 cm³/mol. The third-order valence-corrected chi connectivity index (χ3v) is 4.07. The van der Waals surface area contributed by atoms with Gasteiger partial charge in [-0.2, -0.15) is 0 Å². The van der Waals surface area contributed by atoms with Crippen LogP contribution in [0, 0.1) is 0 Å². The summed E-state index contributed by atoms with van der Waals surface area (Å²) in [5.41, 5.74) is 2.03. The first-order valence-corrected chi connectivity index (χ1v) is 7.97. The van der Waals surface area contributed by atoms with Crippen molar-refractivity contribution in [2.75, 3.05) is 19.7 Å². The number of β-amino-alcohol motifs (C(OH)–C–C–N with tert-alkyl or cyclic N) is 1.